The predicted octanol–water partition coefficient (Wildman–Crippen LogP) is 2.00. The van der Waals surface area contributed by atoms with E-state index in [1.807, 2.05) is 25.6 Å². The first-order valence-electron chi connectivity index (χ1n) is 8.33. The van der Waals surface area contributed by atoms with E-state index in [4.69, 9.17) is 0 Å². The topological polar surface area (TPSA) is 67.1 Å². The summed E-state index contributed by atoms with van der Waals surface area (Å²) in [5.41, 5.74) is 0. The van der Waals surface area contributed by atoms with Crippen LogP contribution in [0.25, 0.3) is 0 Å². The van der Waals surface area contributed by atoms with Gasteiger partial charge in [0.15, 0.2) is 11.8 Å². The molecule has 1 aromatic rings. The maximum atomic E-state index is 4.34. The lowest BCUT2D eigenvalue weighted by Gasteiger charge is -2.32. The fourth-order valence-corrected chi connectivity index (χ4v) is 3.12. The van der Waals surface area contributed by atoms with Crippen molar-refractivity contribution in [1.29, 1.82) is 0 Å². The van der Waals surface area contributed by atoms with Crippen LogP contribution in [0.15, 0.2) is 4.99 Å². The molecule has 2 rings (SSSR count). The Labute approximate surface area is 133 Å². The van der Waals surface area contributed by atoms with E-state index in [0.29, 0.717) is 12.6 Å². The lowest BCUT2D eigenvalue weighted by atomic mass is 9.79. The monoisotopic (exact) mass is 306 g/mol. The van der Waals surface area contributed by atoms with Crippen molar-refractivity contribution >= 4 is 5.96 Å². The minimum absolute atomic E-state index is 0.522. The molecule has 1 aliphatic rings. The zero-order valence-corrected chi connectivity index (χ0v) is 14.6. The summed E-state index contributed by atoms with van der Waals surface area (Å²) < 4.78 is 2.00. The molecule has 0 aliphatic heterocycles. The largest absolute Gasteiger partial charge is 0.354 e. The number of hydrogen-bond acceptors (Lipinski definition) is 3. The Morgan fingerprint density at radius 1 is 1.36 bits per heavy atom. The lowest BCUT2D eigenvalue weighted by Crippen LogP contribution is -2.45. The van der Waals surface area contributed by atoms with E-state index in [2.05, 4.69) is 39.7 Å². The summed E-state index contributed by atoms with van der Waals surface area (Å²) in [6, 6.07) is 0.522. The van der Waals surface area contributed by atoms with Crippen LogP contribution in [-0.2, 0) is 13.6 Å². The molecule has 6 heteroatoms. The van der Waals surface area contributed by atoms with Gasteiger partial charge >= 0.3 is 0 Å². The van der Waals surface area contributed by atoms with Crippen molar-refractivity contribution in [2.45, 2.75) is 59.0 Å². The van der Waals surface area contributed by atoms with Gasteiger partial charge in [-0.2, -0.15) is 0 Å². The Kier molecular flexibility index (Phi) is 5.80. The van der Waals surface area contributed by atoms with Crippen molar-refractivity contribution in [3.8, 4) is 0 Å². The molecule has 1 fully saturated rings. The molecular weight excluding hydrogens is 276 g/mol. The summed E-state index contributed by atoms with van der Waals surface area (Å²) in [6.45, 7) is 7.25. The van der Waals surface area contributed by atoms with Gasteiger partial charge in [-0.05, 0) is 31.6 Å². The van der Waals surface area contributed by atoms with Gasteiger partial charge in [-0.15, -0.1) is 10.2 Å². The highest BCUT2D eigenvalue weighted by atomic mass is 15.3. The van der Waals surface area contributed by atoms with Crippen molar-refractivity contribution in [2.24, 2.45) is 23.9 Å². The third-order valence-electron chi connectivity index (χ3n) is 4.82. The molecule has 2 N–H and O–H groups in total. The molecule has 0 spiro atoms. The van der Waals surface area contributed by atoms with Crippen LogP contribution < -0.4 is 10.6 Å². The minimum Gasteiger partial charge on any atom is -0.354 e. The van der Waals surface area contributed by atoms with Crippen LogP contribution in [0.1, 0.15) is 51.2 Å². The van der Waals surface area contributed by atoms with Gasteiger partial charge < -0.3 is 15.2 Å². The standard InChI is InChI=1S/C16H30N6/c1-11(2)13-7-6-8-14(9-13)19-16(17-4)18-10-15-21-20-12(3)22(15)5/h11,13-14H,6-10H2,1-5H3,(H2,17,18,19). The van der Waals surface area contributed by atoms with Gasteiger partial charge in [0.1, 0.15) is 5.82 Å². The molecule has 0 saturated heterocycles. The first-order valence-corrected chi connectivity index (χ1v) is 8.33. The van der Waals surface area contributed by atoms with E-state index in [9.17, 15) is 0 Å². The van der Waals surface area contributed by atoms with E-state index in [1.165, 1.54) is 25.7 Å². The second-order valence-electron chi connectivity index (χ2n) is 6.66. The first-order chi connectivity index (χ1) is 10.5. The van der Waals surface area contributed by atoms with E-state index in [0.717, 1.165) is 29.4 Å². The average molecular weight is 306 g/mol. The van der Waals surface area contributed by atoms with Crippen LogP contribution in [0.3, 0.4) is 0 Å². The second kappa shape index (κ2) is 7.61. The van der Waals surface area contributed by atoms with Gasteiger partial charge in [0.05, 0.1) is 6.54 Å². The van der Waals surface area contributed by atoms with Gasteiger partial charge in [-0.3, -0.25) is 4.99 Å². The summed E-state index contributed by atoms with van der Waals surface area (Å²) in [4.78, 5) is 4.34. The van der Waals surface area contributed by atoms with Gasteiger partial charge in [-0.25, -0.2) is 0 Å². The molecule has 0 amide bonds. The molecule has 1 heterocycles. The van der Waals surface area contributed by atoms with Crippen LogP contribution in [0.2, 0.25) is 0 Å². The van der Waals surface area contributed by atoms with E-state index in [-0.39, 0.29) is 0 Å². The third-order valence-corrected chi connectivity index (χ3v) is 4.82. The fraction of sp³-hybridized carbons (Fsp3) is 0.812. The Morgan fingerprint density at radius 2 is 2.14 bits per heavy atom. The van der Waals surface area contributed by atoms with Crippen LogP contribution in [0.4, 0.5) is 0 Å². The molecule has 2 atom stereocenters. The number of nitrogens with one attached hydrogen (secondary N) is 2. The Balaban J connectivity index is 1.86. The predicted molar refractivity (Wildman–Crippen MR) is 89.7 cm³/mol. The van der Waals surface area contributed by atoms with Crippen LogP contribution in [-0.4, -0.2) is 33.8 Å². The van der Waals surface area contributed by atoms with Crippen molar-refractivity contribution in [2.75, 3.05) is 7.05 Å². The minimum atomic E-state index is 0.522. The maximum Gasteiger partial charge on any atom is 0.191 e. The summed E-state index contributed by atoms with van der Waals surface area (Å²) in [5, 5.41) is 15.2. The average Bonchev–Trinajstić information content (AvgIpc) is 2.83. The number of guanidine groups is 1. The highest BCUT2D eigenvalue weighted by Gasteiger charge is 2.24. The number of hydrogen-bond donors (Lipinski definition) is 2. The highest BCUT2D eigenvalue weighted by Crippen LogP contribution is 2.29. The van der Waals surface area contributed by atoms with Crippen molar-refractivity contribution in [3.05, 3.63) is 11.6 Å². The molecule has 2 unspecified atom stereocenters. The van der Waals surface area contributed by atoms with Crippen molar-refractivity contribution < 1.29 is 0 Å². The molecule has 0 radical (unpaired) electrons. The Hall–Kier alpha value is -1.59. The fourth-order valence-electron chi connectivity index (χ4n) is 3.12. The summed E-state index contributed by atoms with van der Waals surface area (Å²) >= 11 is 0. The van der Waals surface area contributed by atoms with Gasteiger partial charge in [0.2, 0.25) is 0 Å². The summed E-state index contributed by atoms with van der Waals surface area (Å²) in [5.74, 6) is 4.29. The van der Waals surface area contributed by atoms with Gasteiger partial charge in [0, 0.05) is 20.1 Å². The Bertz CT molecular complexity index is 505. The zero-order valence-electron chi connectivity index (χ0n) is 14.6. The van der Waals surface area contributed by atoms with Gasteiger partial charge in [0.25, 0.3) is 0 Å². The van der Waals surface area contributed by atoms with Crippen molar-refractivity contribution in [1.82, 2.24) is 25.4 Å². The van der Waals surface area contributed by atoms with Gasteiger partial charge in [-0.1, -0.05) is 26.7 Å². The first kappa shape index (κ1) is 16.8. The molecule has 6 nitrogen and oxygen atoms in total. The van der Waals surface area contributed by atoms with E-state index >= 15 is 0 Å². The summed E-state index contributed by atoms with van der Waals surface area (Å²) in [6.07, 6.45) is 5.13. The smallest absolute Gasteiger partial charge is 0.191 e. The summed E-state index contributed by atoms with van der Waals surface area (Å²) in [7, 11) is 3.80. The van der Waals surface area contributed by atoms with Crippen LogP contribution in [0.5, 0.6) is 0 Å². The number of nitrogens with zero attached hydrogens (tertiary/aromatic N) is 4. The molecule has 22 heavy (non-hydrogen) atoms. The van der Waals surface area contributed by atoms with Crippen LogP contribution >= 0.6 is 0 Å². The molecule has 1 aliphatic carbocycles. The quantitative estimate of drug-likeness (QED) is 0.659. The third kappa shape index (κ3) is 4.21. The lowest BCUT2D eigenvalue weighted by molar-refractivity contribution is 0.244. The maximum absolute atomic E-state index is 4.34. The SMILES string of the molecule is CN=C(NCc1nnc(C)n1C)NC1CCCC(C(C)C)C1. The highest BCUT2D eigenvalue weighted by molar-refractivity contribution is 5.79. The number of rotatable bonds is 4. The molecular formula is C16H30N6. The second-order valence-corrected chi connectivity index (χ2v) is 6.66. The molecule has 1 saturated carbocycles. The normalized spacial score (nSPS) is 22.9. The van der Waals surface area contributed by atoms with Crippen LogP contribution in [0, 0.1) is 18.8 Å². The molecule has 1 aromatic heterocycles. The Morgan fingerprint density at radius 3 is 2.73 bits per heavy atom. The van der Waals surface area contributed by atoms with E-state index < -0.39 is 0 Å². The number of aryl methyl sites for hydroxylation is 1. The van der Waals surface area contributed by atoms with E-state index in [1.54, 1.807) is 0 Å². The molecule has 0 bridgehead atoms. The molecule has 124 valence electrons. The number of aliphatic imine (C=N–C) groups is 1. The zero-order chi connectivity index (χ0) is 16.1. The van der Waals surface area contributed by atoms with Crippen molar-refractivity contribution in [3.63, 3.8) is 0 Å². The molecule has 0 aromatic carbocycles. The number of aromatic nitrogens is 3.